The van der Waals surface area contributed by atoms with Crippen LogP contribution in [0.4, 0.5) is 13.2 Å². The minimum Gasteiger partial charge on any atom is -0.309 e. The summed E-state index contributed by atoms with van der Waals surface area (Å²) in [5.41, 5.74) is 7.80. The van der Waals surface area contributed by atoms with Crippen molar-refractivity contribution < 1.29 is 13.2 Å². The lowest BCUT2D eigenvalue weighted by Gasteiger charge is -2.18. The van der Waals surface area contributed by atoms with Crippen LogP contribution in [0, 0.1) is 0 Å². The van der Waals surface area contributed by atoms with Gasteiger partial charge in [-0.3, -0.25) is 0 Å². The van der Waals surface area contributed by atoms with E-state index in [4.69, 9.17) is 44.9 Å². The normalized spacial score (nSPS) is 11.6. The molecule has 14 aromatic rings. The summed E-state index contributed by atoms with van der Waals surface area (Å²) in [7, 11) is 0. The van der Waals surface area contributed by atoms with E-state index in [2.05, 4.69) is 4.57 Å². The molecule has 394 valence electrons. The van der Waals surface area contributed by atoms with Gasteiger partial charge in [-0.25, -0.2) is 44.9 Å². The zero-order chi connectivity index (χ0) is 55.9. The Labute approximate surface area is 474 Å². The highest BCUT2D eigenvalue weighted by atomic mass is 19.4. The summed E-state index contributed by atoms with van der Waals surface area (Å²) in [6, 6.07) is 81.2. The van der Waals surface area contributed by atoms with Crippen molar-refractivity contribution in [2.24, 2.45) is 0 Å². The molecule has 83 heavy (non-hydrogen) atoms. The molecule has 0 amide bonds. The fourth-order valence-corrected chi connectivity index (χ4v) is 10.4. The highest BCUT2D eigenvalue weighted by Crippen LogP contribution is 2.44. The molecule has 4 heterocycles. The lowest BCUT2D eigenvalue weighted by Crippen LogP contribution is -2.08. The topological polar surface area (TPSA) is 121 Å². The van der Waals surface area contributed by atoms with Crippen molar-refractivity contribution in [3.8, 4) is 119 Å². The first-order valence-corrected chi connectivity index (χ1v) is 26.8. The minimum absolute atomic E-state index is 0.0546. The predicted molar refractivity (Wildman–Crippen MR) is 320 cm³/mol. The van der Waals surface area contributed by atoms with Crippen molar-refractivity contribution in [3.63, 3.8) is 0 Å². The summed E-state index contributed by atoms with van der Waals surface area (Å²) in [5, 5.41) is 1.72. The van der Waals surface area contributed by atoms with Crippen molar-refractivity contribution in [1.29, 1.82) is 0 Å². The summed E-state index contributed by atoms with van der Waals surface area (Å²) in [6.07, 6.45) is -4.73. The summed E-state index contributed by atoms with van der Waals surface area (Å²) in [6.45, 7) is 0. The van der Waals surface area contributed by atoms with Gasteiger partial charge in [-0.05, 0) is 47.5 Å². The van der Waals surface area contributed by atoms with Crippen LogP contribution in [0.25, 0.3) is 141 Å². The molecule has 4 aromatic heterocycles. The Morgan fingerprint density at radius 3 is 0.880 bits per heavy atom. The van der Waals surface area contributed by atoms with Crippen LogP contribution in [0.15, 0.2) is 261 Å². The molecule has 0 spiro atoms. The van der Waals surface area contributed by atoms with Gasteiger partial charge in [0, 0.05) is 66.5 Å². The highest BCUT2D eigenvalue weighted by Gasteiger charge is 2.34. The predicted octanol–water partition coefficient (Wildman–Crippen LogP) is 17.0. The fourth-order valence-electron chi connectivity index (χ4n) is 10.4. The van der Waals surface area contributed by atoms with Gasteiger partial charge in [-0.1, -0.05) is 224 Å². The van der Waals surface area contributed by atoms with Gasteiger partial charge in [-0.15, -0.1) is 0 Å². The molecular weight excluding hydrogens is 1040 g/mol. The Morgan fingerprint density at radius 1 is 0.241 bits per heavy atom. The number of hydrogen-bond acceptors (Lipinski definition) is 9. The lowest BCUT2D eigenvalue weighted by atomic mass is 9.93. The zero-order valence-electron chi connectivity index (χ0n) is 43.9. The highest BCUT2D eigenvalue weighted by molar-refractivity contribution is 6.11. The molecule has 0 saturated carbocycles. The number of rotatable bonds is 11. The van der Waals surface area contributed by atoms with Crippen molar-refractivity contribution in [2.45, 2.75) is 6.18 Å². The monoisotopic (exact) mass is 1080 g/mol. The smallest absolute Gasteiger partial charge is 0.309 e. The van der Waals surface area contributed by atoms with Crippen LogP contribution in [0.1, 0.15) is 5.56 Å². The van der Waals surface area contributed by atoms with E-state index in [0.717, 1.165) is 50.1 Å². The fraction of sp³-hybridized carbons (Fsp3) is 0.0143. The Hall–Kier alpha value is -11.2. The van der Waals surface area contributed by atoms with Crippen LogP contribution in [-0.4, -0.2) is 49.4 Å². The van der Waals surface area contributed by atoms with Crippen molar-refractivity contribution >= 4 is 21.8 Å². The average Bonchev–Trinajstić information content (AvgIpc) is 4.05. The van der Waals surface area contributed by atoms with Gasteiger partial charge in [-0.2, -0.15) is 13.2 Å². The third-order valence-corrected chi connectivity index (χ3v) is 14.4. The second-order valence-corrected chi connectivity index (χ2v) is 19.7. The van der Waals surface area contributed by atoms with Crippen molar-refractivity contribution in [2.75, 3.05) is 0 Å². The number of benzene rings is 10. The third-order valence-electron chi connectivity index (χ3n) is 14.4. The molecule has 10 nitrogen and oxygen atoms in total. The van der Waals surface area contributed by atoms with Crippen LogP contribution < -0.4 is 0 Å². The molecular formula is C70H43F3N10. The second kappa shape index (κ2) is 21.1. The number of hydrogen-bond donors (Lipinski definition) is 0. The molecule has 13 heteroatoms. The summed E-state index contributed by atoms with van der Waals surface area (Å²) in [5.74, 6) is 3.76. The van der Waals surface area contributed by atoms with Gasteiger partial charge in [0.05, 0.1) is 16.6 Å². The van der Waals surface area contributed by atoms with E-state index in [0.29, 0.717) is 80.1 Å². The van der Waals surface area contributed by atoms with E-state index in [1.54, 1.807) is 18.2 Å². The molecule has 10 aromatic carbocycles. The van der Waals surface area contributed by atoms with Gasteiger partial charge >= 0.3 is 6.18 Å². The Kier molecular flexibility index (Phi) is 12.7. The van der Waals surface area contributed by atoms with Crippen LogP contribution in [0.5, 0.6) is 0 Å². The maximum Gasteiger partial charge on any atom is 0.417 e. The maximum atomic E-state index is 15.5. The van der Waals surface area contributed by atoms with Crippen molar-refractivity contribution in [1.82, 2.24) is 49.4 Å². The van der Waals surface area contributed by atoms with E-state index in [1.807, 2.05) is 224 Å². The van der Waals surface area contributed by atoms with E-state index in [1.165, 1.54) is 12.1 Å². The molecule has 0 aliphatic carbocycles. The third kappa shape index (κ3) is 9.82. The molecule has 0 saturated heterocycles. The van der Waals surface area contributed by atoms with Crippen LogP contribution in [-0.2, 0) is 6.18 Å². The second-order valence-electron chi connectivity index (χ2n) is 19.7. The number of fused-ring (bicyclic) bond motifs is 3. The van der Waals surface area contributed by atoms with Gasteiger partial charge in [0.25, 0.3) is 0 Å². The Bertz CT molecular complexity index is 4340. The van der Waals surface area contributed by atoms with Gasteiger partial charge in [0.15, 0.2) is 52.4 Å². The number of alkyl halides is 3. The van der Waals surface area contributed by atoms with Crippen LogP contribution >= 0.6 is 0 Å². The number of halogens is 3. The molecule has 0 aliphatic heterocycles. The zero-order valence-corrected chi connectivity index (χ0v) is 43.9. The minimum atomic E-state index is -4.73. The molecule has 0 aliphatic rings. The first-order chi connectivity index (χ1) is 40.8. The standard InChI is InChI=1S/C70H43F3N10/c71-70(72,73)58-34-20-19-33-53(58)57-43-52(37-40-56(57)69-81-65(48-29-15-5-16-30-48)76-66(82-69)49-31-17-6-18-32-49)83-59-41-50(67-77-61(44-21-7-1-8-22-44)74-62(78-67)45-23-9-2-10-24-45)35-38-54(59)55-39-36-51(42-60(55)83)68-79-63(46-25-11-3-12-26-46)75-64(80-68)47-27-13-4-14-28-47/h1-43H. The van der Waals surface area contributed by atoms with Gasteiger partial charge in [0.2, 0.25) is 0 Å². The van der Waals surface area contributed by atoms with Crippen LogP contribution in [0.2, 0.25) is 0 Å². The Morgan fingerprint density at radius 2 is 0.542 bits per heavy atom. The molecule has 0 radical (unpaired) electrons. The number of aromatic nitrogens is 10. The molecule has 0 atom stereocenters. The Balaban J connectivity index is 1.04. The molecule has 0 unspecified atom stereocenters. The summed E-state index contributed by atoms with van der Waals surface area (Å²) in [4.78, 5) is 45.2. The largest absolute Gasteiger partial charge is 0.417 e. The molecule has 0 fully saturated rings. The van der Waals surface area contributed by atoms with Crippen LogP contribution in [0.3, 0.4) is 0 Å². The first-order valence-electron chi connectivity index (χ1n) is 26.8. The van der Waals surface area contributed by atoms with Gasteiger partial charge < -0.3 is 4.57 Å². The molecule has 14 rings (SSSR count). The number of nitrogens with zero attached hydrogens (tertiary/aromatic N) is 10. The average molecular weight is 1080 g/mol. The lowest BCUT2D eigenvalue weighted by molar-refractivity contribution is -0.137. The molecule has 0 N–H and O–H groups in total. The molecule has 0 bridgehead atoms. The van der Waals surface area contributed by atoms with Crippen molar-refractivity contribution in [3.05, 3.63) is 266 Å². The van der Waals surface area contributed by atoms with E-state index >= 15 is 13.2 Å². The van der Waals surface area contributed by atoms with E-state index < -0.39 is 11.7 Å². The SMILES string of the molecule is FC(F)(F)c1ccccc1-c1cc(-n2c3cc(-c4nc(-c5ccccc5)nc(-c5ccccc5)n4)ccc3c3ccc(-c4nc(-c5ccccc5)nc(-c5ccccc5)n4)cc32)ccc1-c1nc(-c2ccccc2)nc(-c2ccccc2)n1. The maximum absolute atomic E-state index is 15.5. The van der Waals surface area contributed by atoms with E-state index in [-0.39, 0.29) is 17.0 Å². The summed E-state index contributed by atoms with van der Waals surface area (Å²) < 4.78 is 48.6. The first kappa shape index (κ1) is 50.1. The van der Waals surface area contributed by atoms with E-state index in [9.17, 15) is 0 Å². The quantitative estimate of drug-likeness (QED) is 0.125. The summed E-state index contributed by atoms with van der Waals surface area (Å²) >= 11 is 0. The van der Waals surface area contributed by atoms with Gasteiger partial charge in [0.1, 0.15) is 0 Å².